The van der Waals surface area contributed by atoms with Crippen molar-refractivity contribution in [1.82, 2.24) is 5.32 Å². The predicted molar refractivity (Wildman–Crippen MR) is 127 cm³/mol. The number of carbonyl (C=O) groups is 2. The fraction of sp³-hybridized carbons (Fsp3) is 0.167. The second-order valence-corrected chi connectivity index (χ2v) is 9.63. The molecule has 9 nitrogen and oxygen atoms in total. The van der Waals surface area contributed by atoms with Gasteiger partial charge >= 0.3 is 0 Å². The summed E-state index contributed by atoms with van der Waals surface area (Å²) < 4.78 is 33.7. The summed E-state index contributed by atoms with van der Waals surface area (Å²) in [5, 5.41) is 8.53. The summed E-state index contributed by atoms with van der Waals surface area (Å²) in [7, 11) is -3.31. The third kappa shape index (κ3) is 5.65. The van der Waals surface area contributed by atoms with Crippen molar-refractivity contribution in [2.24, 2.45) is 0 Å². The number of rotatable bonds is 8. The van der Waals surface area contributed by atoms with Gasteiger partial charge in [0.25, 0.3) is 5.91 Å². The Bertz CT molecular complexity index is 1320. The zero-order valence-corrected chi connectivity index (χ0v) is 19.1. The van der Waals surface area contributed by atoms with Crippen LogP contribution in [-0.2, 0) is 21.2 Å². The van der Waals surface area contributed by atoms with Crippen molar-refractivity contribution in [3.05, 3.63) is 77.9 Å². The SMILES string of the molecule is CS(=O)(=O)c1ccc(NC(=O)CNc2ccccc2C(=O)NCc2ccc3c(c2)OCO3)cc1. The molecule has 34 heavy (non-hydrogen) atoms. The first-order valence-corrected chi connectivity index (χ1v) is 12.3. The Hall–Kier alpha value is -4.05. The summed E-state index contributed by atoms with van der Waals surface area (Å²) in [4.78, 5) is 25.3. The number of hydrogen-bond acceptors (Lipinski definition) is 7. The number of sulfone groups is 1. The molecule has 0 aliphatic carbocycles. The molecule has 0 spiro atoms. The third-order valence-corrected chi connectivity index (χ3v) is 6.20. The molecule has 3 N–H and O–H groups in total. The first kappa shape index (κ1) is 23.1. The topological polar surface area (TPSA) is 123 Å². The fourth-order valence-corrected chi connectivity index (χ4v) is 3.96. The molecule has 0 atom stereocenters. The Morgan fingerprint density at radius 2 is 1.68 bits per heavy atom. The lowest BCUT2D eigenvalue weighted by atomic mass is 10.1. The predicted octanol–water partition coefficient (Wildman–Crippen LogP) is 2.80. The van der Waals surface area contributed by atoms with Crippen molar-refractivity contribution in [1.29, 1.82) is 0 Å². The highest BCUT2D eigenvalue weighted by molar-refractivity contribution is 7.90. The maximum absolute atomic E-state index is 12.8. The second-order valence-electron chi connectivity index (χ2n) is 7.61. The van der Waals surface area contributed by atoms with E-state index in [-0.39, 0.29) is 30.0 Å². The lowest BCUT2D eigenvalue weighted by Crippen LogP contribution is -2.26. The van der Waals surface area contributed by atoms with Crippen LogP contribution >= 0.6 is 0 Å². The monoisotopic (exact) mass is 481 g/mol. The Labute approximate surface area is 197 Å². The molecule has 1 aliphatic rings. The van der Waals surface area contributed by atoms with Gasteiger partial charge in [0.15, 0.2) is 21.3 Å². The van der Waals surface area contributed by atoms with Crippen molar-refractivity contribution in [3.63, 3.8) is 0 Å². The van der Waals surface area contributed by atoms with E-state index in [0.717, 1.165) is 11.8 Å². The smallest absolute Gasteiger partial charge is 0.253 e. The van der Waals surface area contributed by atoms with Gasteiger partial charge < -0.3 is 25.4 Å². The summed E-state index contributed by atoms with van der Waals surface area (Å²) in [6.45, 7) is 0.401. The third-order valence-electron chi connectivity index (χ3n) is 5.07. The Morgan fingerprint density at radius 1 is 0.941 bits per heavy atom. The maximum atomic E-state index is 12.8. The Balaban J connectivity index is 1.33. The molecular weight excluding hydrogens is 458 g/mol. The molecule has 4 rings (SSSR count). The minimum absolute atomic E-state index is 0.0831. The van der Waals surface area contributed by atoms with E-state index in [4.69, 9.17) is 9.47 Å². The number of benzene rings is 3. The van der Waals surface area contributed by atoms with E-state index in [1.165, 1.54) is 24.3 Å². The Kier molecular flexibility index (Phi) is 6.69. The average Bonchev–Trinajstić information content (AvgIpc) is 3.29. The molecule has 0 radical (unpaired) electrons. The standard InChI is InChI=1S/C24H23N3O6S/c1-34(30,31)18-9-7-17(8-10-18)27-23(28)14-25-20-5-3-2-4-19(20)24(29)26-13-16-6-11-21-22(12-16)33-15-32-21/h2-12,25H,13-15H2,1H3,(H,26,29)(H,27,28). The van der Waals surface area contributed by atoms with Gasteiger partial charge in [0, 0.05) is 24.2 Å². The molecule has 1 heterocycles. The first-order valence-electron chi connectivity index (χ1n) is 10.4. The van der Waals surface area contributed by atoms with Gasteiger partial charge in [-0.3, -0.25) is 9.59 Å². The molecule has 0 bridgehead atoms. The molecule has 0 aromatic heterocycles. The zero-order valence-electron chi connectivity index (χ0n) is 18.3. The van der Waals surface area contributed by atoms with Gasteiger partial charge in [0.1, 0.15) is 0 Å². The van der Waals surface area contributed by atoms with Crippen molar-refractivity contribution in [2.75, 3.05) is 30.2 Å². The number of fused-ring (bicyclic) bond motifs is 1. The van der Waals surface area contributed by atoms with Gasteiger partial charge in [-0.05, 0) is 54.1 Å². The molecule has 3 aromatic rings. The summed E-state index contributed by atoms with van der Waals surface area (Å²) in [5.74, 6) is 0.681. The largest absolute Gasteiger partial charge is 0.454 e. The van der Waals surface area contributed by atoms with E-state index >= 15 is 0 Å². The Morgan fingerprint density at radius 3 is 2.44 bits per heavy atom. The van der Waals surface area contributed by atoms with Crippen molar-refractivity contribution in [2.45, 2.75) is 11.4 Å². The highest BCUT2D eigenvalue weighted by Gasteiger charge is 2.15. The number of ether oxygens (including phenoxy) is 2. The first-order chi connectivity index (χ1) is 16.3. The minimum Gasteiger partial charge on any atom is -0.454 e. The quantitative estimate of drug-likeness (QED) is 0.452. The molecule has 3 aromatic carbocycles. The van der Waals surface area contributed by atoms with Gasteiger partial charge in [-0.1, -0.05) is 18.2 Å². The van der Waals surface area contributed by atoms with Crippen LogP contribution in [0.3, 0.4) is 0 Å². The van der Waals surface area contributed by atoms with Crippen LogP contribution in [0.1, 0.15) is 15.9 Å². The molecule has 1 aliphatic heterocycles. The number of hydrogen-bond donors (Lipinski definition) is 3. The molecule has 2 amide bonds. The van der Waals surface area contributed by atoms with E-state index in [0.29, 0.717) is 35.0 Å². The molecular formula is C24H23N3O6S. The zero-order chi connectivity index (χ0) is 24.1. The number of para-hydroxylation sites is 1. The summed E-state index contributed by atoms with van der Waals surface area (Å²) in [5.41, 5.74) is 2.24. The molecule has 0 saturated heterocycles. The van der Waals surface area contributed by atoms with Crippen LogP contribution in [0.15, 0.2) is 71.6 Å². The maximum Gasteiger partial charge on any atom is 0.253 e. The summed E-state index contributed by atoms with van der Waals surface area (Å²) in [6.07, 6.45) is 1.12. The van der Waals surface area contributed by atoms with Crippen LogP contribution in [0, 0.1) is 0 Å². The fourth-order valence-electron chi connectivity index (χ4n) is 3.33. The summed E-state index contributed by atoms with van der Waals surface area (Å²) in [6, 6.07) is 18.2. The van der Waals surface area contributed by atoms with Crippen molar-refractivity contribution in [3.8, 4) is 11.5 Å². The van der Waals surface area contributed by atoms with Crippen LogP contribution < -0.4 is 25.4 Å². The number of anilines is 2. The highest BCUT2D eigenvalue weighted by atomic mass is 32.2. The lowest BCUT2D eigenvalue weighted by Gasteiger charge is -2.13. The van der Waals surface area contributed by atoms with Crippen LogP contribution in [0.2, 0.25) is 0 Å². The molecule has 0 saturated carbocycles. The van der Waals surface area contributed by atoms with Crippen LogP contribution in [0.25, 0.3) is 0 Å². The van der Waals surface area contributed by atoms with Gasteiger partial charge in [0.05, 0.1) is 17.0 Å². The van der Waals surface area contributed by atoms with Gasteiger partial charge in [-0.25, -0.2) is 8.42 Å². The number of nitrogens with one attached hydrogen (secondary N) is 3. The van der Waals surface area contributed by atoms with E-state index in [1.807, 2.05) is 12.1 Å². The summed E-state index contributed by atoms with van der Waals surface area (Å²) >= 11 is 0. The van der Waals surface area contributed by atoms with E-state index in [1.54, 1.807) is 30.3 Å². The van der Waals surface area contributed by atoms with Gasteiger partial charge in [-0.15, -0.1) is 0 Å². The molecule has 176 valence electrons. The van der Waals surface area contributed by atoms with Crippen molar-refractivity contribution >= 4 is 33.0 Å². The van der Waals surface area contributed by atoms with Crippen LogP contribution in [-0.4, -0.2) is 39.8 Å². The van der Waals surface area contributed by atoms with E-state index in [2.05, 4.69) is 16.0 Å². The normalized spacial score (nSPS) is 12.1. The van der Waals surface area contributed by atoms with Gasteiger partial charge in [0.2, 0.25) is 12.7 Å². The second kappa shape index (κ2) is 9.84. The van der Waals surface area contributed by atoms with Crippen LogP contribution in [0.4, 0.5) is 11.4 Å². The number of carbonyl (C=O) groups excluding carboxylic acids is 2. The molecule has 0 fully saturated rings. The average molecular weight is 482 g/mol. The van der Waals surface area contributed by atoms with E-state index in [9.17, 15) is 18.0 Å². The van der Waals surface area contributed by atoms with E-state index < -0.39 is 9.84 Å². The van der Waals surface area contributed by atoms with Gasteiger partial charge in [-0.2, -0.15) is 0 Å². The molecule has 10 heteroatoms. The molecule has 0 unspecified atom stereocenters. The highest BCUT2D eigenvalue weighted by Crippen LogP contribution is 2.32. The lowest BCUT2D eigenvalue weighted by molar-refractivity contribution is -0.114. The van der Waals surface area contributed by atoms with Crippen molar-refractivity contribution < 1.29 is 27.5 Å². The number of amides is 2. The van der Waals surface area contributed by atoms with Crippen LogP contribution in [0.5, 0.6) is 11.5 Å². The minimum atomic E-state index is -3.31.